The third kappa shape index (κ3) is 2.68. The van der Waals surface area contributed by atoms with Crippen molar-refractivity contribution in [3.63, 3.8) is 0 Å². The smallest absolute Gasteiger partial charge is 0.142 e. The van der Waals surface area contributed by atoms with Crippen LogP contribution in [0, 0.1) is 0 Å². The van der Waals surface area contributed by atoms with E-state index in [2.05, 4.69) is 19.0 Å². The number of quaternary nitrogens is 1. The number of aliphatic hydroxyl groups is 1. The molecule has 0 spiro atoms. The van der Waals surface area contributed by atoms with Gasteiger partial charge in [-0.05, 0) is 12.5 Å². The van der Waals surface area contributed by atoms with E-state index >= 15 is 0 Å². The normalized spacial score (nSPS) is 24.2. The molecule has 1 aromatic carbocycles. The summed E-state index contributed by atoms with van der Waals surface area (Å²) in [5, 5.41) is 10.7. The number of benzene rings is 1. The van der Waals surface area contributed by atoms with Crippen LogP contribution in [0.2, 0.25) is 0 Å². The molecule has 1 aliphatic rings. The van der Waals surface area contributed by atoms with Crippen molar-refractivity contribution in [3.8, 4) is 0 Å². The van der Waals surface area contributed by atoms with Crippen molar-refractivity contribution < 1.29 is 9.59 Å². The molecule has 0 bridgehead atoms. The van der Waals surface area contributed by atoms with Gasteiger partial charge >= 0.3 is 0 Å². The molecular weight excluding hydrogens is 212 g/mol. The highest BCUT2D eigenvalue weighted by Gasteiger charge is 2.36. The van der Waals surface area contributed by atoms with Gasteiger partial charge in [0.2, 0.25) is 0 Å². The van der Waals surface area contributed by atoms with Gasteiger partial charge in [-0.1, -0.05) is 30.3 Å². The summed E-state index contributed by atoms with van der Waals surface area (Å²) in [5.74, 6) is 0. The summed E-state index contributed by atoms with van der Waals surface area (Å²) in [4.78, 5) is 2.17. The van der Waals surface area contributed by atoms with E-state index in [-0.39, 0.29) is 0 Å². The number of likely N-dealkylation sites (N-methyl/N-ethyl adjacent to an activating group) is 1. The zero-order valence-electron chi connectivity index (χ0n) is 11.1. The molecule has 1 fully saturated rings. The third-order valence-electron chi connectivity index (χ3n) is 3.89. The summed E-state index contributed by atoms with van der Waals surface area (Å²) in [6.45, 7) is 5.95. The minimum atomic E-state index is -0.846. The van der Waals surface area contributed by atoms with Gasteiger partial charge in [0.1, 0.15) is 5.72 Å². The number of nitrogens with zero attached hydrogens (tertiary/aromatic N) is 2. The van der Waals surface area contributed by atoms with Crippen LogP contribution in [0.3, 0.4) is 0 Å². The Morgan fingerprint density at radius 1 is 1.12 bits per heavy atom. The number of rotatable bonds is 2. The largest absolute Gasteiger partial charge is 0.372 e. The fraction of sp³-hybridized carbons (Fsp3) is 0.571. The van der Waals surface area contributed by atoms with E-state index in [0.717, 1.165) is 36.2 Å². The second kappa shape index (κ2) is 4.41. The Hall–Kier alpha value is -0.900. The van der Waals surface area contributed by atoms with Gasteiger partial charge in [-0.3, -0.25) is 4.90 Å². The third-order valence-corrected chi connectivity index (χ3v) is 3.89. The van der Waals surface area contributed by atoms with Crippen LogP contribution in [0.15, 0.2) is 30.3 Å². The Morgan fingerprint density at radius 3 is 2.18 bits per heavy atom. The molecule has 1 saturated heterocycles. The molecule has 1 atom stereocenters. The molecule has 0 saturated carbocycles. The van der Waals surface area contributed by atoms with Gasteiger partial charge < -0.3 is 9.59 Å². The zero-order valence-corrected chi connectivity index (χ0v) is 11.1. The monoisotopic (exact) mass is 235 g/mol. The Labute approximate surface area is 104 Å². The molecule has 3 nitrogen and oxygen atoms in total. The van der Waals surface area contributed by atoms with Crippen LogP contribution in [0.1, 0.15) is 12.5 Å². The zero-order chi connectivity index (χ0) is 12.5. The van der Waals surface area contributed by atoms with Crippen LogP contribution in [0.4, 0.5) is 0 Å². The maximum atomic E-state index is 10.7. The van der Waals surface area contributed by atoms with Crippen molar-refractivity contribution in [1.82, 2.24) is 4.90 Å². The molecule has 0 aromatic heterocycles. The van der Waals surface area contributed by atoms with E-state index in [0.29, 0.717) is 0 Å². The van der Waals surface area contributed by atoms with E-state index in [4.69, 9.17) is 0 Å². The van der Waals surface area contributed by atoms with Gasteiger partial charge in [0.05, 0.1) is 40.3 Å². The van der Waals surface area contributed by atoms with Crippen molar-refractivity contribution in [2.45, 2.75) is 12.6 Å². The lowest BCUT2D eigenvalue weighted by molar-refractivity contribution is -0.895. The topological polar surface area (TPSA) is 23.5 Å². The van der Waals surface area contributed by atoms with Gasteiger partial charge in [0, 0.05) is 0 Å². The summed E-state index contributed by atoms with van der Waals surface area (Å²) < 4.78 is 1.04. The molecule has 0 radical (unpaired) electrons. The number of hydrogen-bond acceptors (Lipinski definition) is 2. The van der Waals surface area contributed by atoms with Gasteiger partial charge in [0.15, 0.2) is 0 Å². The molecule has 0 amide bonds. The van der Waals surface area contributed by atoms with E-state index < -0.39 is 5.72 Å². The lowest BCUT2D eigenvalue weighted by Crippen LogP contribution is -2.59. The first-order chi connectivity index (χ1) is 7.92. The minimum Gasteiger partial charge on any atom is -0.372 e. The Balaban J connectivity index is 2.12. The highest BCUT2D eigenvalue weighted by molar-refractivity contribution is 5.20. The predicted octanol–water partition coefficient (Wildman–Crippen LogP) is 1.24. The summed E-state index contributed by atoms with van der Waals surface area (Å²) in [7, 11) is 4.49. The molecule has 1 N–H and O–H groups in total. The van der Waals surface area contributed by atoms with Gasteiger partial charge in [-0.25, -0.2) is 0 Å². The number of hydrogen-bond donors (Lipinski definition) is 1. The van der Waals surface area contributed by atoms with Crippen molar-refractivity contribution in [2.75, 3.05) is 40.3 Å². The summed E-state index contributed by atoms with van der Waals surface area (Å²) in [6.07, 6.45) is 0. The van der Waals surface area contributed by atoms with E-state index in [9.17, 15) is 5.11 Å². The molecule has 0 aliphatic carbocycles. The molecule has 1 aliphatic heterocycles. The Kier molecular flexibility index (Phi) is 3.25. The van der Waals surface area contributed by atoms with Crippen LogP contribution in [-0.4, -0.2) is 54.8 Å². The average Bonchev–Trinajstić information content (AvgIpc) is 2.29. The van der Waals surface area contributed by atoms with Crippen LogP contribution < -0.4 is 0 Å². The van der Waals surface area contributed by atoms with Crippen LogP contribution in [0.5, 0.6) is 0 Å². The van der Waals surface area contributed by atoms with Gasteiger partial charge in [-0.15, -0.1) is 0 Å². The van der Waals surface area contributed by atoms with Crippen molar-refractivity contribution in [3.05, 3.63) is 35.9 Å². The van der Waals surface area contributed by atoms with Crippen LogP contribution in [0.25, 0.3) is 0 Å². The van der Waals surface area contributed by atoms with Crippen LogP contribution >= 0.6 is 0 Å². The van der Waals surface area contributed by atoms with E-state index in [1.54, 1.807) is 0 Å². The SMILES string of the molecule is CC(O)(c1ccccc1)N1CC[N+](C)(C)CC1. The predicted molar refractivity (Wildman–Crippen MR) is 69.4 cm³/mol. The van der Waals surface area contributed by atoms with E-state index in [1.807, 2.05) is 37.3 Å². The second-order valence-corrected chi connectivity index (χ2v) is 5.76. The lowest BCUT2D eigenvalue weighted by atomic mass is 10.0. The fourth-order valence-electron chi connectivity index (χ4n) is 2.38. The van der Waals surface area contributed by atoms with Crippen molar-refractivity contribution in [1.29, 1.82) is 0 Å². The molecule has 1 aromatic rings. The summed E-state index contributed by atoms with van der Waals surface area (Å²) >= 11 is 0. The van der Waals surface area contributed by atoms with Gasteiger partial charge in [-0.2, -0.15) is 0 Å². The van der Waals surface area contributed by atoms with Crippen molar-refractivity contribution >= 4 is 0 Å². The Bertz CT molecular complexity index is 363. The number of piperazine rings is 1. The standard InChI is InChI=1S/C14H23N2O/c1-14(17,13-7-5-4-6-8-13)15-9-11-16(2,3)12-10-15/h4-8,17H,9-12H2,1-3H3/q+1. The highest BCUT2D eigenvalue weighted by atomic mass is 16.3. The second-order valence-electron chi connectivity index (χ2n) is 5.76. The highest BCUT2D eigenvalue weighted by Crippen LogP contribution is 2.26. The molecule has 17 heavy (non-hydrogen) atoms. The van der Waals surface area contributed by atoms with Crippen molar-refractivity contribution in [2.24, 2.45) is 0 Å². The average molecular weight is 235 g/mol. The fourth-order valence-corrected chi connectivity index (χ4v) is 2.38. The molecule has 94 valence electrons. The first-order valence-corrected chi connectivity index (χ1v) is 6.27. The molecule has 2 rings (SSSR count). The Morgan fingerprint density at radius 2 is 1.65 bits per heavy atom. The maximum absolute atomic E-state index is 10.7. The first kappa shape index (κ1) is 12.6. The summed E-state index contributed by atoms with van der Waals surface area (Å²) in [6, 6.07) is 9.93. The quantitative estimate of drug-likeness (QED) is 0.780. The van der Waals surface area contributed by atoms with Crippen LogP contribution in [-0.2, 0) is 5.72 Å². The molecule has 3 heteroatoms. The summed E-state index contributed by atoms with van der Waals surface area (Å²) in [5.41, 5.74) is 0.133. The van der Waals surface area contributed by atoms with E-state index in [1.165, 1.54) is 0 Å². The maximum Gasteiger partial charge on any atom is 0.142 e. The molecular formula is C14H23N2O+. The minimum absolute atomic E-state index is 0.846. The van der Waals surface area contributed by atoms with Gasteiger partial charge in [0.25, 0.3) is 0 Å². The molecule has 1 heterocycles. The lowest BCUT2D eigenvalue weighted by Gasteiger charge is -2.45. The molecule has 1 unspecified atom stereocenters. The first-order valence-electron chi connectivity index (χ1n) is 6.27.